The van der Waals surface area contributed by atoms with Gasteiger partial charge in [0.15, 0.2) is 0 Å². The summed E-state index contributed by atoms with van der Waals surface area (Å²) < 4.78 is 0. The molecule has 24 heavy (non-hydrogen) atoms. The van der Waals surface area contributed by atoms with E-state index in [0.717, 1.165) is 24.0 Å². The fraction of sp³-hybridized carbons (Fsp3) is 0.429. The van der Waals surface area contributed by atoms with Crippen molar-refractivity contribution >= 4 is 19.6 Å². The number of rotatable bonds is 6. The van der Waals surface area contributed by atoms with E-state index in [-0.39, 0.29) is 5.16 Å². The summed E-state index contributed by atoms with van der Waals surface area (Å²) >= 11 is 0. The van der Waals surface area contributed by atoms with Crippen LogP contribution in [-0.4, -0.2) is 19.2 Å². The van der Waals surface area contributed by atoms with E-state index in [4.69, 9.17) is 0 Å². The Bertz CT molecular complexity index is 705. The Labute approximate surface area is 148 Å². The molecule has 0 aromatic heterocycles. The smallest absolute Gasteiger partial charge is 0.122 e. The highest BCUT2D eigenvalue weighted by Crippen LogP contribution is 2.51. The molecule has 2 aromatic rings. The van der Waals surface area contributed by atoms with Crippen LogP contribution in [0, 0.1) is 13.8 Å². The Morgan fingerprint density at radius 2 is 1.71 bits per heavy atom. The number of nitrogens with zero attached hydrogens (tertiary/aromatic N) is 1. The molecule has 0 saturated heterocycles. The van der Waals surface area contributed by atoms with Crippen LogP contribution >= 0.6 is 8.58 Å². The van der Waals surface area contributed by atoms with E-state index in [9.17, 15) is 5.11 Å². The number of hydrogen-bond acceptors (Lipinski definition) is 2. The zero-order chi connectivity index (χ0) is 17.9. The molecule has 0 aliphatic rings. The number of benzene rings is 2. The van der Waals surface area contributed by atoms with Crippen LogP contribution in [0.4, 0.5) is 5.69 Å². The topological polar surface area (TPSA) is 23.5 Å². The van der Waals surface area contributed by atoms with Gasteiger partial charge in [-0.2, -0.15) is 0 Å². The number of hydrogen-bond donors (Lipinski definition) is 1. The van der Waals surface area contributed by atoms with Gasteiger partial charge in [0.1, 0.15) is 5.75 Å². The van der Waals surface area contributed by atoms with E-state index in [2.05, 4.69) is 70.1 Å². The van der Waals surface area contributed by atoms with E-state index >= 15 is 0 Å². The van der Waals surface area contributed by atoms with Crippen LogP contribution in [0.25, 0.3) is 0 Å². The molecule has 3 heteroatoms. The fourth-order valence-electron chi connectivity index (χ4n) is 3.30. The van der Waals surface area contributed by atoms with Gasteiger partial charge in [0.2, 0.25) is 0 Å². The molecular formula is C21H30NOP. The molecule has 0 saturated carbocycles. The van der Waals surface area contributed by atoms with Crippen molar-refractivity contribution in [3.8, 4) is 5.75 Å². The second-order valence-corrected chi connectivity index (χ2v) is 8.55. The van der Waals surface area contributed by atoms with Gasteiger partial charge in [-0.05, 0) is 49.2 Å². The van der Waals surface area contributed by atoms with Gasteiger partial charge < -0.3 is 10.0 Å². The average Bonchev–Trinajstić information content (AvgIpc) is 2.56. The Kier molecular flexibility index (Phi) is 5.93. The third-order valence-corrected chi connectivity index (χ3v) is 7.12. The van der Waals surface area contributed by atoms with Gasteiger partial charge in [-0.3, -0.25) is 0 Å². The lowest BCUT2D eigenvalue weighted by molar-refractivity contribution is 0.444. The largest absolute Gasteiger partial charge is 0.507 e. The summed E-state index contributed by atoms with van der Waals surface area (Å²) in [6.07, 6.45) is 2.03. The Morgan fingerprint density at radius 3 is 2.29 bits per heavy atom. The summed E-state index contributed by atoms with van der Waals surface area (Å²) in [5.74, 6) is 0.465. The van der Waals surface area contributed by atoms with E-state index in [1.54, 1.807) is 0 Å². The SMILES string of the molecule is CCC(CC)(Pc1ccc(C)cc1N(C)C)c1cccc(C)c1O. The standard InChI is InChI=1S/C21H30NOP/c1-7-21(8-2,17-11-9-10-16(4)20(17)23)24-19-13-12-15(3)14-18(19)22(5)6/h9-14,23-24H,7-8H2,1-6H3. The molecule has 1 atom stereocenters. The number of phenols is 1. The maximum absolute atomic E-state index is 10.7. The minimum atomic E-state index is -0.0177. The Balaban J connectivity index is 2.55. The van der Waals surface area contributed by atoms with Crippen LogP contribution in [0.3, 0.4) is 0 Å². The number of para-hydroxylation sites is 1. The fourth-order valence-corrected chi connectivity index (χ4v) is 5.09. The monoisotopic (exact) mass is 343 g/mol. The molecule has 0 fully saturated rings. The van der Waals surface area contributed by atoms with Crippen LogP contribution < -0.4 is 10.2 Å². The second kappa shape index (κ2) is 7.57. The van der Waals surface area contributed by atoms with Crippen LogP contribution in [-0.2, 0) is 5.16 Å². The molecule has 1 N–H and O–H groups in total. The van der Waals surface area contributed by atoms with Crippen molar-refractivity contribution in [1.29, 1.82) is 0 Å². The summed E-state index contributed by atoms with van der Waals surface area (Å²) in [4.78, 5) is 2.20. The van der Waals surface area contributed by atoms with E-state index in [1.807, 2.05) is 13.0 Å². The van der Waals surface area contributed by atoms with Crippen LogP contribution in [0.5, 0.6) is 5.75 Å². The molecule has 0 bridgehead atoms. The molecule has 0 radical (unpaired) electrons. The van der Waals surface area contributed by atoms with Crippen LogP contribution in [0.1, 0.15) is 43.4 Å². The minimum Gasteiger partial charge on any atom is -0.507 e. The van der Waals surface area contributed by atoms with Gasteiger partial charge in [-0.1, -0.05) is 52.8 Å². The number of aromatic hydroxyl groups is 1. The molecule has 0 amide bonds. The lowest BCUT2D eigenvalue weighted by Crippen LogP contribution is -2.25. The molecule has 2 aromatic carbocycles. The summed E-state index contributed by atoms with van der Waals surface area (Å²) in [7, 11) is 4.83. The van der Waals surface area contributed by atoms with Crippen molar-refractivity contribution in [1.82, 2.24) is 0 Å². The predicted molar refractivity (Wildman–Crippen MR) is 109 cm³/mol. The van der Waals surface area contributed by atoms with Crippen molar-refractivity contribution in [2.75, 3.05) is 19.0 Å². The Morgan fingerprint density at radius 1 is 1.04 bits per heavy atom. The first kappa shape index (κ1) is 18.8. The van der Waals surface area contributed by atoms with Crippen molar-refractivity contribution in [3.63, 3.8) is 0 Å². The summed E-state index contributed by atoms with van der Waals surface area (Å²) in [5.41, 5.74) is 4.62. The average molecular weight is 343 g/mol. The maximum Gasteiger partial charge on any atom is 0.122 e. The first-order chi connectivity index (χ1) is 11.3. The molecule has 2 nitrogen and oxygen atoms in total. The number of phenolic OH excluding ortho intramolecular Hbond substituents is 1. The van der Waals surface area contributed by atoms with E-state index in [0.29, 0.717) is 14.3 Å². The third-order valence-electron chi connectivity index (χ3n) is 4.97. The summed E-state index contributed by atoms with van der Waals surface area (Å²) in [6, 6.07) is 12.9. The van der Waals surface area contributed by atoms with Gasteiger partial charge in [-0.25, -0.2) is 0 Å². The molecule has 0 aliphatic heterocycles. The second-order valence-electron chi connectivity index (χ2n) is 6.80. The molecule has 130 valence electrons. The highest BCUT2D eigenvalue weighted by molar-refractivity contribution is 7.49. The van der Waals surface area contributed by atoms with Crippen molar-refractivity contribution in [2.45, 2.75) is 45.7 Å². The summed E-state index contributed by atoms with van der Waals surface area (Å²) in [5, 5.41) is 12.0. The van der Waals surface area contributed by atoms with Gasteiger partial charge >= 0.3 is 0 Å². The zero-order valence-corrected chi connectivity index (χ0v) is 16.8. The first-order valence-corrected chi connectivity index (χ1v) is 9.70. The van der Waals surface area contributed by atoms with Gasteiger partial charge in [-0.15, -0.1) is 0 Å². The van der Waals surface area contributed by atoms with Crippen LogP contribution in [0.15, 0.2) is 36.4 Å². The minimum absolute atomic E-state index is 0.0177. The molecule has 0 aliphatic carbocycles. The highest BCUT2D eigenvalue weighted by Gasteiger charge is 2.32. The molecule has 0 heterocycles. The number of anilines is 1. The molecule has 1 unspecified atom stereocenters. The lowest BCUT2D eigenvalue weighted by atomic mass is 9.90. The maximum atomic E-state index is 10.7. The van der Waals surface area contributed by atoms with Crippen LogP contribution in [0.2, 0.25) is 0 Å². The van der Waals surface area contributed by atoms with E-state index in [1.165, 1.54) is 16.6 Å². The van der Waals surface area contributed by atoms with Gasteiger partial charge in [0.05, 0.1) is 0 Å². The van der Waals surface area contributed by atoms with Crippen molar-refractivity contribution in [2.24, 2.45) is 0 Å². The van der Waals surface area contributed by atoms with Crippen molar-refractivity contribution < 1.29 is 5.11 Å². The van der Waals surface area contributed by atoms with E-state index < -0.39 is 0 Å². The highest BCUT2D eigenvalue weighted by atomic mass is 31.1. The predicted octanol–water partition coefficient (Wildman–Crippen LogP) is 5.09. The molecular weight excluding hydrogens is 313 g/mol. The zero-order valence-electron chi connectivity index (χ0n) is 15.8. The van der Waals surface area contributed by atoms with Gasteiger partial charge in [0.25, 0.3) is 0 Å². The lowest BCUT2D eigenvalue weighted by Gasteiger charge is -2.35. The first-order valence-electron chi connectivity index (χ1n) is 8.70. The third kappa shape index (κ3) is 3.59. The van der Waals surface area contributed by atoms with Gasteiger partial charge in [0, 0.05) is 30.5 Å². The quantitative estimate of drug-likeness (QED) is 0.738. The molecule has 2 rings (SSSR count). The Hall–Kier alpha value is -1.53. The normalized spacial score (nSPS) is 12.1. The number of aryl methyl sites for hydroxylation is 2. The van der Waals surface area contributed by atoms with Crippen molar-refractivity contribution in [3.05, 3.63) is 53.1 Å². The molecule has 0 spiro atoms. The summed E-state index contributed by atoms with van der Waals surface area (Å²) in [6.45, 7) is 8.60.